The van der Waals surface area contributed by atoms with E-state index in [0.29, 0.717) is 17.5 Å². The molecular formula is C49H31N3O. The van der Waals surface area contributed by atoms with E-state index in [1.807, 2.05) is 60.7 Å². The normalized spacial score (nSPS) is 11.4. The van der Waals surface area contributed by atoms with Gasteiger partial charge in [0, 0.05) is 27.5 Å². The number of aromatic nitrogens is 3. The Bertz CT molecular complexity index is 2920. The Balaban J connectivity index is 1.15. The summed E-state index contributed by atoms with van der Waals surface area (Å²) in [4.78, 5) is 15.4. The van der Waals surface area contributed by atoms with Gasteiger partial charge in [0.05, 0.1) is 0 Å². The van der Waals surface area contributed by atoms with Gasteiger partial charge in [-0.15, -0.1) is 0 Å². The lowest BCUT2D eigenvalue weighted by Gasteiger charge is -2.12. The zero-order chi connectivity index (χ0) is 35.1. The highest BCUT2D eigenvalue weighted by Gasteiger charge is 2.20. The maximum Gasteiger partial charge on any atom is 0.164 e. The summed E-state index contributed by atoms with van der Waals surface area (Å²) in [6, 6.07) is 65.2. The minimum absolute atomic E-state index is 0.590. The molecule has 2 heterocycles. The fraction of sp³-hybridized carbons (Fsp3) is 0. The SMILES string of the molecule is c1ccc(-c2ccc(-c3nc(-c4ccccc4)nc(-c4cc(-c5ccc6cc(-c7ccccc7)ccc6c5)cc5oc6ccccc6c45)n3)cc2)cc1. The number of benzene rings is 8. The van der Waals surface area contributed by atoms with E-state index in [1.165, 1.54) is 21.9 Å². The van der Waals surface area contributed by atoms with Crippen LogP contribution in [0.1, 0.15) is 0 Å². The van der Waals surface area contributed by atoms with Gasteiger partial charge in [-0.05, 0) is 74.5 Å². The average Bonchev–Trinajstić information content (AvgIpc) is 3.62. The first kappa shape index (κ1) is 30.6. The van der Waals surface area contributed by atoms with Crippen LogP contribution in [0.4, 0.5) is 0 Å². The highest BCUT2D eigenvalue weighted by Crippen LogP contribution is 2.40. The lowest BCUT2D eigenvalue weighted by molar-refractivity contribution is 0.669. The van der Waals surface area contributed by atoms with Crippen molar-refractivity contribution in [3.05, 3.63) is 188 Å². The summed E-state index contributed by atoms with van der Waals surface area (Å²) >= 11 is 0. The second kappa shape index (κ2) is 12.9. The number of hydrogen-bond donors (Lipinski definition) is 0. The molecular weight excluding hydrogens is 647 g/mol. The highest BCUT2D eigenvalue weighted by atomic mass is 16.3. The first-order valence-corrected chi connectivity index (χ1v) is 17.8. The standard InChI is InChI=1S/C49H31N3O/c1-4-12-32(13-5-1)34-20-22-36(23-21-34)48-50-47(35-16-8-3-9-17-35)51-49(52-48)43-30-41(31-45-46(43)42-18-10-11-19-44(42)53-45)40-27-26-38-28-37(24-25-39(38)29-40)33-14-6-2-7-15-33/h1-31H. The van der Waals surface area contributed by atoms with Crippen LogP contribution in [-0.4, -0.2) is 15.0 Å². The van der Waals surface area contributed by atoms with Crippen molar-refractivity contribution in [2.24, 2.45) is 0 Å². The largest absolute Gasteiger partial charge is 0.456 e. The third kappa shape index (κ3) is 5.73. The van der Waals surface area contributed by atoms with Crippen LogP contribution in [0.3, 0.4) is 0 Å². The molecule has 0 saturated carbocycles. The number of rotatable bonds is 6. The van der Waals surface area contributed by atoms with E-state index in [4.69, 9.17) is 19.4 Å². The summed E-state index contributed by atoms with van der Waals surface area (Å²) < 4.78 is 6.54. The number of furan rings is 1. The number of fused-ring (bicyclic) bond motifs is 4. The molecule has 53 heavy (non-hydrogen) atoms. The summed E-state index contributed by atoms with van der Waals surface area (Å²) in [7, 11) is 0. The minimum atomic E-state index is 0.590. The quantitative estimate of drug-likeness (QED) is 0.176. The van der Waals surface area contributed by atoms with E-state index in [1.54, 1.807) is 0 Å². The van der Waals surface area contributed by atoms with Crippen molar-refractivity contribution in [2.45, 2.75) is 0 Å². The Morgan fingerprint density at radius 2 is 0.755 bits per heavy atom. The van der Waals surface area contributed by atoms with Crippen LogP contribution in [0.5, 0.6) is 0 Å². The maximum atomic E-state index is 6.54. The smallest absolute Gasteiger partial charge is 0.164 e. The first-order chi connectivity index (χ1) is 26.2. The lowest BCUT2D eigenvalue weighted by Crippen LogP contribution is -2.00. The molecule has 248 valence electrons. The molecule has 0 aliphatic rings. The Kier molecular flexibility index (Phi) is 7.43. The first-order valence-electron chi connectivity index (χ1n) is 17.8. The van der Waals surface area contributed by atoms with Gasteiger partial charge in [-0.2, -0.15) is 0 Å². The monoisotopic (exact) mass is 677 g/mol. The summed E-state index contributed by atoms with van der Waals surface area (Å²) in [5, 5.41) is 4.36. The van der Waals surface area contributed by atoms with Crippen LogP contribution < -0.4 is 0 Å². The molecule has 4 heteroatoms. The van der Waals surface area contributed by atoms with Crippen LogP contribution in [0.15, 0.2) is 192 Å². The van der Waals surface area contributed by atoms with Crippen LogP contribution in [0.2, 0.25) is 0 Å². The molecule has 0 N–H and O–H groups in total. The Labute approximate surface area is 306 Å². The molecule has 0 fully saturated rings. The van der Waals surface area contributed by atoms with Gasteiger partial charge in [0.15, 0.2) is 17.5 Å². The molecule has 10 aromatic rings. The molecule has 0 aliphatic carbocycles. The van der Waals surface area contributed by atoms with Gasteiger partial charge in [0.1, 0.15) is 11.2 Å². The third-order valence-corrected chi connectivity index (χ3v) is 9.92. The number of nitrogens with zero attached hydrogens (tertiary/aromatic N) is 3. The van der Waals surface area contributed by atoms with Gasteiger partial charge in [-0.3, -0.25) is 0 Å². The zero-order valence-corrected chi connectivity index (χ0v) is 28.6. The minimum Gasteiger partial charge on any atom is -0.456 e. The predicted molar refractivity (Wildman–Crippen MR) is 217 cm³/mol. The number of para-hydroxylation sites is 1. The van der Waals surface area contributed by atoms with E-state index in [2.05, 4.69) is 127 Å². The summed E-state index contributed by atoms with van der Waals surface area (Å²) in [5.41, 5.74) is 11.2. The van der Waals surface area contributed by atoms with E-state index >= 15 is 0 Å². The molecule has 0 aliphatic heterocycles. The summed E-state index contributed by atoms with van der Waals surface area (Å²) in [5.74, 6) is 1.82. The molecule has 4 nitrogen and oxygen atoms in total. The molecule has 0 atom stereocenters. The van der Waals surface area contributed by atoms with Gasteiger partial charge >= 0.3 is 0 Å². The lowest BCUT2D eigenvalue weighted by atomic mass is 9.95. The van der Waals surface area contributed by atoms with Gasteiger partial charge in [0.2, 0.25) is 0 Å². The van der Waals surface area contributed by atoms with Crippen molar-refractivity contribution >= 4 is 32.7 Å². The molecule has 10 rings (SSSR count). The molecule has 0 saturated heterocycles. The van der Waals surface area contributed by atoms with E-state index in [0.717, 1.165) is 60.9 Å². The molecule has 0 unspecified atom stereocenters. The van der Waals surface area contributed by atoms with Crippen LogP contribution in [0, 0.1) is 0 Å². The van der Waals surface area contributed by atoms with Crippen LogP contribution >= 0.6 is 0 Å². The predicted octanol–water partition coefficient (Wildman–Crippen LogP) is 12.9. The van der Waals surface area contributed by atoms with Crippen molar-refractivity contribution in [1.29, 1.82) is 0 Å². The molecule has 0 spiro atoms. The second-order valence-electron chi connectivity index (χ2n) is 13.3. The molecule has 8 aromatic carbocycles. The third-order valence-electron chi connectivity index (χ3n) is 9.92. The van der Waals surface area contributed by atoms with Crippen molar-refractivity contribution in [3.63, 3.8) is 0 Å². The molecule has 0 amide bonds. The molecule has 0 bridgehead atoms. The topological polar surface area (TPSA) is 51.8 Å². The fourth-order valence-electron chi connectivity index (χ4n) is 7.22. The van der Waals surface area contributed by atoms with Gasteiger partial charge in [-0.1, -0.05) is 158 Å². The van der Waals surface area contributed by atoms with Crippen molar-refractivity contribution in [1.82, 2.24) is 15.0 Å². The van der Waals surface area contributed by atoms with E-state index < -0.39 is 0 Å². The Hall–Kier alpha value is -7.17. The Morgan fingerprint density at radius 1 is 0.302 bits per heavy atom. The zero-order valence-electron chi connectivity index (χ0n) is 28.6. The summed E-state index contributed by atoms with van der Waals surface area (Å²) in [6.45, 7) is 0. The highest BCUT2D eigenvalue weighted by molar-refractivity contribution is 6.13. The van der Waals surface area contributed by atoms with Gasteiger partial charge in [-0.25, -0.2) is 15.0 Å². The maximum absolute atomic E-state index is 6.54. The number of hydrogen-bond acceptors (Lipinski definition) is 4. The van der Waals surface area contributed by atoms with Crippen LogP contribution in [0.25, 0.3) is 100 Å². The second-order valence-corrected chi connectivity index (χ2v) is 13.3. The fourth-order valence-corrected chi connectivity index (χ4v) is 7.22. The van der Waals surface area contributed by atoms with Crippen molar-refractivity contribution in [2.75, 3.05) is 0 Å². The summed E-state index contributed by atoms with van der Waals surface area (Å²) in [6.07, 6.45) is 0. The van der Waals surface area contributed by atoms with Crippen molar-refractivity contribution < 1.29 is 4.42 Å². The van der Waals surface area contributed by atoms with E-state index in [-0.39, 0.29) is 0 Å². The van der Waals surface area contributed by atoms with Gasteiger partial charge in [0.25, 0.3) is 0 Å². The average molecular weight is 678 g/mol. The van der Waals surface area contributed by atoms with Crippen LogP contribution in [-0.2, 0) is 0 Å². The molecule has 0 radical (unpaired) electrons. The Morgan fingerprint density at radius 3 is 1.40 bits per heavy atom. The van der Waals surface area contributed by atoms with Gasteiger partial charge < -0.3 is 4.42 Å². The van der Waals surface area contributed by atoms with E-state index in [9.17, 15) is 0 Å². The van der Waals surface area contributed by atoms with Crippen molar-refractivity contribution in [3.8, 4) is 67.5 Å². The molecule has 2 aromatic heterocycles.